The molecule has 0 aromatic carbocycles. The van der Waals surface area contributed by atoms with Crippen molar-refractivity contribution in [1.82, 2.24) is 20.5 Å². The molecule has 1 saturated carbocycles. The summed E-state index contributed by atoms with van der Waals surface area (Å²) in [4.78, 5) is 18.9. The maximum atomic E-state index is 12.3. The van der Waals surface area contributed by atoms with Crippen LogP contribution in [0.3, 0.4) is 0 Å². The molecule has 1 aromatic heterocycles. The molecule has 138 valence electrons. The third kappa shape index (κ3) is 4.70. The van der Waals surface area contributed by atoms with Crippen molar-refractivity contribution >= 4 is 6.03 Å². The molecule has 1 saturated heterocycles. The van der Waals surface area contributed by atoms with Crippen molar-refractivity contribution in [3.05, 3.63) is 30.1 Å². The van der Waals surface area contributed by atoms with Crippen LogP contribution in [0.5, 0.6) is 0 Å². The van der Waals surface area contributed by atoms with Gasteiger partial charge in [0.15, 0.2) is 0 Å². The van der Waals surface area contributed by atoms with Crippen LogP contribution in [0, 0.1) is 5.41 Å². The Balaban J connectivity index is 1.54. The molecule has 6 nitrogen and oxygen atoms in total. The smallest absolute Gasteiger partial charge is 0.314 e. The third-order valence-electron chi connectivity index (χ3n) is 5.80. The molecule has 2 fully saturated rings. The van der Waals surface area contributed by atoms with E-state index in [0.717, 1.165) is 44.8 Å². The van der Waals surface area contributed by atoms with E-state index < -0.39 is 0 Å². The molecule has 3 rings (SSSR count). The van der Waals surface area contributed by atoms with Crippen LogP contribution in [-0.2, 0) is 4.74 Å². The SMILES string of the molecule is CCC1(CNC(=O)NC[C@H](c2cccnc2)N2CCOCC2)CCC1. The molecule has 0 unspecified atom stereocenters. The van der Waals surface area contributed by atoms with Crippen molar-refractivity contribution in [3.63, 3.8) is 0 Å². The molecule has 2 aliphatic rings. The first kappa shape index (κ1) is 18.1. The lowest BCUT2D eigenvalue weighted by atomic mass is 9.67. The summed E-state index contributed by atoms with van der Waals surface area (Å²) in [5.41, 5.74) is 1.47. The molecule has 6 heteroatoms. The van der Waals surface area contributed by atoms with Crippen LogP contribution in [-0.4, -0.2) is 55.3 Å². The van der Waals surface area contributed by atoms with Gasteiger partial charge in [0.25, 0.3) is 0 Å². The molecule has 25 heavy (non-hydrogen) atoms. The van der Waals surface area contributed by atoms with Crippen LogP contribution >= 0.6 is 0 Å². The van der Waals surface area contributed by atoms with Gasteiger partial charge in [-0.05, 0) is 36.3 Å². The van der Waals surface area contributed by atoms with Gasteiger partial charge in [0.1, 0.15) is 0 Å². The van der Waals surface area contributed by atoms with E-state index in [-0.39, 0.29) is 12.1 Å². The first-order chi connectivity index (χ1) is 12.2. The van der Waals surface area contributed by atoms with Gasteiger partial charge in [-0.2, -0.15) is 0 Å². The second-order valence-corrected chi connectivity index (χ2v) is 7.22. The highest BCUT2D eigenvalue weighted by atomic mass is 16.5. The summed E-state index contributed by atoms with van der Waals surface area (Å²) in [5.74, 6) is 0. The third-order valence-corrected chi connectivity index (χ3v) is 5.80. The van der Waals surface area contributed by atoms with Crippen LogP contribution in [0.4, 0.5) is 4.79 Å². The van der Waals surface area contributed by atoms with E-state index in [1.54, 1.807) is 6.20 Å². The number of nitrogens with zero attached hydrogens (tertiary/aromatic N) is 2. The Morgan fingerprint density at radius 1 is 1.36 bits per heavy atom. The number of rotatable bonds is 7. The summed E-state index contributed by atoms with van der Waals surface area (Å²) in [7, 11) is 0. The number of nitrogens with one attached hydrogen (secondary N) is 2. The number of carbonyl (C=O) groups is 1. The molecule has 0 radical (unpaired) electrons. The second kappa shape index (κ2) is 8.63. The van der Waals surface area contributed by atoms with Crippen LogP contribution in [0.1, 0.15) is 44.2 Å². The molecular weight excluding hydrogens is 316 g/mol. The summed E-state index contributed by atoms with van der Waals surface area (Å²) >= 11 is 0. The van der Waals surface area contributed by atoms with Crippen molar-refractivity contribution in [2.45, 2.75) is 38.6 Å². The van der Waals surface area contributed by atoms with Crippen LogP contribution in [0.15, 0.2) is 24.5 Å². The van der Waals surface area contributed by atoms with E-state index in [9.17, 15) is 4.79 Å². The van der Waals surface area contributed by atoms with Crippen LogP contribution < -0.4 is 10.6 Å². The highest BCUT2D eigenvalue weighted by Gasteiger charge is 2.35. The van der Waals surface area contributed by atoms with E-state index in [4.69, 9.17) is 4.74 Å². The Morgan fingerprint density at radius 2 is 2.16 bits per heavy atom. The summed E-state index contributed by atoms with van der Waals surface area (Å²) < 4.78 is 5.46. The highest BCUT2D eigenvalue weighted by Crippen LogP contribution is 2.42. The molecule has 1 atom stereocenters. The zero-order chi connectivity index (χ0) is 17.5. The van der Waals surface area contributed by atoms with Crippen molar-refractivity contribution in [2.24, 2.45) is 5.41 Å². The van der Waals surface area contributed by atoms with Gasteiger partial charge in [0, 0.05) is 38.6 Å². The number of hydrogen-bond donors (Lipinski definition) is 2. The second-order valence-electron chi connectivity index (χ2n) is 7.22. The lowest BCUT2D eigenvalue weighted by Gasteiger charge is -2.41. The van der Waals surface area contributed by atoms with Crippen LogP contribution in [0.25, 0.3) is 0 Å². The predicted molar refractivity (Wildman–Crippen MR) is 97.3 cm³/mol. The lowest BCUT2D eigenvalue weighted by molar-refractivity contribution is 0.0166. The fourth-order valence-electron chi connectivity index (χ4n) is 3.77. The maximum absolute atomic E-state index is 12.3. The number of ether oxygens (including phenoxy) is 1. The molecular formula is C19H30N4O2. The van der Waals surface area contributed by atoms with Crippen molar-refractivity contribution in [1.29, 1.82) is 0 Å². The van der Waals surface area contributed by atoms with Crippen molar-refractivity contribution in [2.75, 3.05) is 39.4 Å². The van der Waals surface area contributed by atoms with Gasteiger partial charge in [0.2, 0.25) is 0 Å². The predicted octanol–water partition coefficient (Wildman–Crippen LogP) is 2.33. The molecule has 2 amide bonds. The lowest BCUT2D eigenvalue weighted by Crippen LogP contribution is -2.48. The molecule has 0 spiro atoms. The van der Waals surface area contributed by atoms with Crippen molar-refractivity contribution in [3.8, 4) is 0 Å². The average molecular weight is 346 g/mol. The number of carbonyl (C=O) groups excluding carboxylic acids is 1. The van der Waals surface area contributed by atoms with Gasteiger partial charge in [0.05, 0.1) is 19.3 Å². The standard InChI is InChI=1S/C19H30N4O2/c1-2-19(6-4-7-19)15-22-18(24)21-14-17(16-5-3-8-20-13-16)23-9-11-25-12-10-23/h3,5,8,13,17H,2,4,6-7,9-12,14-15H2,1H3,(H2,21,22,24)/t17-/m1/s1. The summed E-state index contributed by atoms with van der Waals surface area (Å²) in [5, 5.41) is 6.14. The Kier molecular flexibility index (Phi) is 6.26. The molecule has 0 bridgehead atoms. The Hall–Kier alpha value is -1.66. The average Bonchev–Trinajstić information content (AvgIpc) is 2.63. The zero-order valence-corrected chi connectivity index (χ0v) is 15.2. The number of pyridine rings is 1. The van der Waals surface area contributed by atoms with Gasteiger partial charge in [-0.25, -0.2) is 4.79 Å². The van der Waals surface area contributed by atoms with Gasteiger partial charge in [-0.3, -0.25) is 9.88 Å². The zero-order valence-electron chi connectivity index (χ0n) is 15.2. The maximum Gasteiger partial charge on any atom is 0.314 e. The van der Waals surface area contributed by atoms with Gasteiger partial charge >= 0.3 is 6.03 Å². The van der Waals surface area contributed by atoms with E-state index in [1.807, 2.05) is 12.3 Å². The number of hydrogen-bond acceptors (Lipinski definition) is 4. The molecule has 1 aromatic rings. The van der Waals surface area contributed by atoms with Gasteiger partial charge < -0.3 is 15.4 Å². The minimum Gasteiger partial charge on any atom is -0.379 e. The Labute approximate surface area is 150 Å². The first-order valence-electron chi connectivity index (χ1n) is 9.46. The van der Waals surface area contributed by atoms with E-state index in [0.29, 0.717) is 12.0 Å². The Bertz CT molecular complexity index is 536. The molecule has 1 aliphatic carbocycles. The topological polar surface area (TPSA) is 66.5 Å². The summed E-state index contributed by atoms with van der Waals surface area (Å²) in [6.45, 7) is 6.81. The van der Waals surface area contributed by atoms with E-state index in [1.165, 1.54) is 19.3 Å². The monoisotopic (exact) mass is 346 g/mol. The quantitative estimate of drug-likeness (QED) is 0.795. The molecule has 1 aliphatic heterocycles. The number of aromatic nitrogens is 1. The number of morpholine rings is 1. The minimum absolute atomic E-state index is 0.0677. The molecule has 2 N–H and O–H groups in total. The van der Waals surface area contributed by atoms with E-state index >= 15 is 0 Å². The van der Waals surface area contributed by atoms with Gasteiger partial charge in [-0.1, -0.05) is 19.4 Å². The summed E-state index contributed by atoms with van der Waals surface area (Å²) in [6.07, 6.45) is 8.56. The highest BCUT2D eigenvalue weighted by molar-refractivity contribution is 5.73. The van der Waals surface area contributed by atoms with E-state index in [2.05, 4.69) is 33.5 Å². The normalized spacial score (nSPS) is 21.2. The number of amides is 2. The Morgan fingerprint density at radius 3 is 2.76 bits per heavy atom. The first-order valence-corrected chi connectivity index (χ1v) is 9.46. The van der Waals surface area contributed by atoms with Crippen LogP contribution in [0.2, 0.25) is 0 Å². The van der Waals surface area contributed by atoms with Crippen molar-refractivity contribution < 1.29 is 9.53 Å². The summed E-state index contributed by atoms with van der Waals surface area (Å²) in [6, 6.07) is 4.09. The number of urea groups is 1. The minimum atomic E-state index is -0.0677. The largest absolute Gasteiger partial charge is 0.379 e. The fraction of sp³-hybridized carbons (Fsp3) is 0.684. The van der Waals surface area contributed by atoms with Gasteiger partial charge in [-0.15, -0.1) is 0 Å². The fourth-order valence-corrected chi connectivity index (χ4v) is 3.77. The molecule has 2 heterocycles.